The summed E-state index contributed by atoms with van der Waals surface area (Å²) in [6, 6.07) is 3.89. The van der Waals surface area contributed by atoms with Gasteiger partial charge >= 0.3 is 0 Å². The quantitative estimate of drug-likeness (QED) is 0.803. The lowest BCUT2D eigenvalue weighted by Gasteiger charge is -2.17. The maximum absolute atomic E-state index is 12.4. The summed E-state index contributed by atoms with van der Waals surface area (Å²) in [4.78, 5) is 16.9. The van der Waals surface area contributed by atoms with E-state index >= 15 is 0 Å². The van der Waals surface area contributed by atoms with Crippen LogP contribution in [0.5, 0.6) is 0 Å². The Morgan fingerprint density at radius 3 is 2.38 bits per heavy atom. The highest BCUT2D eigenvalue weighted by molar-refractivity contribution is 5.95. The summed E-state index contributed by atoms with van der Waals surface area (Å²) in [5.41, 5.74) is 1.62. The number of nitrogens with one attached hydrogen (secondary N) is 2. The Bertz CT molecular complexity index is 469. The van der Waals surface area contributed by atoms with Crippen molar-refractivity contribution in [1.82, 2.24) is 10.3 Å². The number of rotatable bonds is 7. The maximum atomic E-state index is 12.4. The third-order valence-electron chi connectivity index (χ3n) is 3.26. The van der Waals surface area contributed by atoms with E-state index in [1.807, 2.05) is 26.0 Å². The zero-order valence-electron chi connectivity index (χ0n) is 14.2. The summed E-state index contributed by atoms with van der Waals surface area (Å²) < 4.78 is 0. The first-order valence-electron chi connectivity index (χ1n) is 7.90. The van der Waals surface area contributed by atoms with Gasteiger partial charge in [0, 0.05) is 23.8 Å². The molecule has 1 rings (SSSR count). The van der Waals surface area contributed by atoms with Crippen LogP contribution in [0.25, 0.3) is 0 Å². The first-order chi connectivity index (χ1) is 9.83. The Morgan fingerprint density at radius 1 is 1.19 bits per heavy atom. The topological polar surface area (TPSA) is 54.0 Å². The molecule has 0 aliphatic rings. The molecule has 4 nitrogen and oxygen atoms in total. The third-order valence-corrected chi connectivity index (χ3v) is 3.26. The zero-order chi connectivity index (χ0) is 16.0. The van der Waals surface area contributed by atoms with Gasteiger partial charge < -0.3 is 10.6 Å². The van der Waals surface area contributed by atoms with Gasteiger partial charge in [0.05, 0.1) is 0 Å². The molecule has 0 bridgehead atoms. The van der Waals surface area contributed by atoms with Crippen LogP contribution in [0.4, 0.5) is 5.82 Å². The van der Waals surface area contributed by atoms with E-state index in [1.165, 1.54) is 0 Å². The monoisotopic (exact) mass is 291 g/mol. The highest BCUT2D eigenvalue weighted by Crippen LogP contribution is 2.18. The lowest BCUT2D eigenvalue weighted by molar-refractivity contribution is 0.0936. The number of nitrogens with zero attached hydrogens (tertiary/aromatic N) is 1. The van der Waals surface area contributed by atoms with Crippen LogP contribution in [0.3, 0.4) is 0 Å². The molecule has 0 spiro atoms. The van der Waals surface area contributed by atoms with Gasteiger partial charge in [-0.1, -0.05) is 27.7 Å². The van der Waals surface area contributed by atoms with E-state index in [0.29, 0.717) is 17.4 Å². The van der Waals surface area contributed by atoms with Crippen LogP contribution in [0.15, 0.2) is 12.1 Å². The van der Waals surface area contributed by atoms with Gasteiger partial charge in [0.1, 0.15) is 5.82 Å². The average Bonchev–Trinajstić information content (AvgIpc) is 2.37. The fraction of sp³-hybridized carbons (Fsp3) is 0.647. The standard InChI is InChI=1S/C17H29N3O/c1-7-18-16-10-14(9-15(20-16)12(4)5)17(21)19-13(6)8-11(2)3/h9-13H,7-8H2,1-6H3,(H,18,20)(H,19,21). The van der Waals surface area contributed by atoms with E-state index in [-0.39, 0.29) is 11.9 Å². The number of hydrogen-bond acceptors (Lipinski definition) is 3. The molecule has 1 atom stereocenters. The molecule has 4 heteroatoms. The summed E-state index contributed by atoms with van der Waals surface area (Å²) in [6.45, 7) is 13.4. The van der Waals surface area contributed by atoms with E-state index in [2.05, 4.69) is 43.3 Å². The number of carbonyl (C=O) groups is 1. The summed E-state index contributed by atoms with van der Waals surface area (Å²) in [6.07, 6.45) is 0.980. The molecule has 1 heterocycles. The highest BCUT2D eigenvalue weighted by atomic mass is 16.1. The van der Waals surface area contributed by atoms with Gasteiger partial charge in [-0.05, 0) is 44.2 Å². The van der Waals surface area contributed by atoms with Crippen LogP contribution < -0.4 is 10.6 Å². The minimum Gasteiger partial charge on any atom is -0.370 e. The molecule has 1 amide bonds. The van der Waals surface area contributed by atoms with Gasteiger partial charge in [0.15, 0.2) is 0 Å². The summed E-state index contributed by atoms with van der Waals surface area (Å²) >= 11 is 0. The lowest BCUT2D eigenvalue weighted by Crippen LogP contribution is -2.33. The molecular weight excluding hydrogens is 262 g/mol. The number of hydrogen-bond donors (Lipinski definition) is 2. The summed E-state index contributed by atoms with van der Waals surface area (Å²) in [5.74, 6) is 1.61. The molecule has 1 unspecified atom stereocenters. The van der Waals surface area contributed by atoms with Crippen molar-refractivity contribution < 1.29 is 4.79 Å². The van der Waals surface area contributed by atoms with E-state index < -0.39 is 0 Å². The van der Waals surface area contributed by atoms with E-state index in [1.54, 1.807) is 0 Å². The van der Waals surface area contributed by atoms with Gasteiger partial charge in [-0.2, -0.15) is 0 Å². The van der Waals surface area contributed by atoms with E-state index in [9.17, 15) is 4.79 Å². The van der Waals surface area contributed by atoms with Crippen LogP contribution in [-0.2, 0) is 0 Å². The van der Waals surface area contributed by atoms with Gasteiger partial charge in [0.25, 0.3) is 5.91 Å². The molecule has 0 aliphatic heterocycles. The van der Waals surface area contributed by atoms with Crippen LogP contribution in [0.2, 0.25) is 0 Å². The lowest BCUT2D eigenvalue weighted by atomic mass is 10.0. The largest absolute Gasteiger partial charge is 0.370 e. The van der Waals surface area contributed by atoms with Crippen LogP contribution >= 0.6 is 0 Å². The number of amides is 1. The molecule has 0 radical (unpaired) electrons. The molecule has 0 aliphatic carbocycles. The van der Waals surface area contributed by atoms with Crippen molar-refractivity contribution in [2.45, 2.75) is 59.9 Å². The second kappa shape index (κ2) is 8.01. The molecular formula is C17H29N3O. The molecule has 118 valence electrons. The molecule has 21 heavy (non-hydrogen) atoms. The highest BCUT2D eigenvalue weighted by Gasteiger charge is 2.14. The predicted molar refractivity (Wildman–Crippen MR) is 88.9 cm³/mol. The zero-order valence-corrected chi connectivity index (χ0v) is 14.2. The summed E-state index contributed by atoms with van der Waals surface area (Å²) in [5, 5.41) is 6.26. The second-order valence-corrected chi connectivity index (χ2v) is 6.36. The molecule has 1 aromatic heterocycles. The smallest absolute Gasteiger partial charge is 0.251 e. The van der Waals surface area contributed by atoms with Crippen molar-refractivity contribution in [3.63, 3.8) is 0 Å². The molecule has 0 fully saturated rings. The minimum atomic E-state index is -0.0217. The van der Waals surface area contributed by atoms with Crippen LogP contribution in [-0.4, -0.2) is 23.5 Å². The molecule has 0 saturated carbocycles. The van der Waals surface area contributed by atoms with Crippen molar-refractivity contribution in [2.24, 2.45) is 5.92 Å². The number of carbonyl (C=O) groups excluding carboxylic acids is 1. The van der Waals surface area contributed by atoms with Gasteiger partial charge in [-0.15, -0.1) is 0 Å². The van der Waals surface area contributed by atoms with Crippen molar-refractivity contribution in [1.29, 1.82) is 0 Å². The van der Waals surface area contributed by atoms with Crippen molar-refractivity contribution in [3.05, 3.63) is 23.4 Å². The van der Waals surface area contributed by atoms with E-state index in [0.717, 1.165) is 24.5 Å². The number of aromatic nitrogens is 1. The maximum Gasteiger partial charge on any atom is 0.251 e. The Morgan fingerprint density at radius 2 is 1.86 bits per heavy atom. The van der Waals surface area contributed by atoms with E-state index in [4.69, 9.17) is 0 Å². The van der Waals surface area contributed by atoms with Gasteiger partial charge in [0.2, 0.25) is 0 Å². The molecule has 0 saturated heterocycles. The SMILES string of the molecule is CCNc1cc(C(=O)NC(C)CC(C)C)cc(C(C)C)n1. The second-order valence-electron chi connectivity index (χ2n) is 6.36. The fourth-order valence-electron chi connectivity index (χ4n) is 2.32. The Kier molecular flexibility index (Phi) is 6.66. The van der Waals surface area contributed by atoms with Gasteiger partial charge in [-0.3, -0.25) is 4.79 Å². The van der Waals surface area contributed by atoms with Crippen molar-refractivity contribution >= 4 is 11.7 Å². The first kappa shape index (κ1) is 17.5. The molecule has 1 aromatic rings. The molecule has 0 aromatic carbocycles. The number of anilines is 1. The number of pyridine rings is 1. The van der Waals surface area contributed by atoms with Crippen molar-refractivity contribution in [2.75, 3.05) is 11.9 Å². The normalized spacial score (nSPS) is 12.6. The average molecular weight is 291 g/mol. The Balaban J connectivity index is 2.91. The summed E-state index contributed by atoms with van der Waals surface area (Å²) in [7, 11) is 0. The fourth-order valence-corrected chi connectivity index (χ4v) is 2.32. The predicted octanol–water partition coefficient (Wildman–Crippen LogP) is 3.80. The van der Waals surface area contributed by atoms with Gasteiger partial charge in [-0.25, -0.2) is 4.98 Å². The van der Waals surface area contributed by atoms with Crippen LogP contribution in [0, 0.1) is 5.92 Å². The third kappa shape index (κ3) is 5.74. The minimum absolute atomic E-state index is 0.0217. The van der Waals surface area contributed by atoms with Crippen molar-refractivity contribution in [3.8, 4) is 0 Å². The Hall–Kier alpha value is -1.58. The first-order valence-corrected chi connectivity index (χ1v) is 7.90. The van der Waals surface area contributed by atoms with Crippen LogP contribution in [0.1, 0.15) is 69.9 Å². The molecule has 2 N–H and O–H groups in total. The Labute approximate surface area is 128 Å².